The monoisotopic (exact) mass is 293 g/mol. The molecule has 0 unspecified atom stereocenters. The van der Waals surface area contributed by atoms with E-state index in [4.69, 9.17) is 10.5 Å². The molecule has 0 spiro atoms. The van der Waals surface area contributed by atoms with Gasteiger partial charge in [-0.15, -0.1) is 0 Å². The fourth-order valence-electron chi connectivity index (χ4n) is 2.19. The van der Waals surface area contributed by atoms with Crippen molar-refractivity contribution in [3.8, 4) is 28.4 Å². The number of nitrogens with one attached hydrogen (secondary N) is 1. The van der Waals surface area contributed by atoms with Crippen molar-refractivity contribution in [3.63, 3.8) is 0 Å². The summed E-state index contributed by atoms with van der Waals surface area (Å²) in [4.78, 5) is 19.2. The smallest absolute Gasteiger partial charge is 0.251 e. The third-order valence-electron chi connectivity index (χ3n) is 3.29. The van der Waals surface area contributed by atoms with E-state index in [9.17, 15) is 4.79 Å². The summed E-state index contributed by atoms with van der Waals surface area (Å²) in [5.41, 5.74) is 8.41. The third kappa shape index (κ3) is 2.83. The van der Waals surface area contributed by atoms with Gasteiger partial charge in [0.05, 0.1) is 12.8 Å². The van der Waals surface area contributed by atoms with E-state index in [1.165, 1.54) is 6.07 Å². The molecule has 2 aromatic carbocycles. The molecule has 3 N–H and O–H groups in total. The molecule has 22 heavy (non-hydrogen) atoms. The number of aromatic amines is 1. The molecular weight excluding hydrogens is 278 g/mol. The summed E-state index contributed by atoms with van der Waals surface area (Å²) in [5, 5.41) is 0. The highest BCUT2D eigenvalue weighted by atomic mass is 16.5. The second-order valence-electron chi connectivity index (χ2n) is 4.83. The van der Waals surface area contributed by atoms with Crippen molar-refractivity contribution in [2.24, 2.45) is 0 Å². The van der Waals surface area contributed by atoms with Crippen LogP contribution in [0.25, 0.3) is 22.6 Å². The molecule has 5 heteroatoms. The zero-order valence-electron chi connectivity index (χ0n) is 12.0. The van der Waals surface area contributed by atoms with Crippen LogP contribution < -0.4 is 16.0 Å². The van der Waals surface area contributed by atoms with Crippen molar-refractivity contribution >= 4 is 5.69 Å². The third-order valence-corrected chi connectivity index (χ3v) is 3.29. The summed E-state index contributed by atoms with van der Waals surface area (Å²) >= 11 is 0. The molecule has 3 aromatic rings. The molecule has 0 aliphatic rings. The molecule has 0 amide bonds. The first-order chi connectivity index (χ1) is 10.7. The molecule has 0 fully saturated rings. The van der Waals surface area contributed by atoms with Crippen molar-refractivity contribution in [1.29, 1.82) is 0 Å². The normalized spacial score (nSPS) is 10.4. The number of rotatable bonds is 3. The predicted octanol–water partition coefficient (Wildman–Crippen LogP) is 2.69. The maximum absolute atomic E-state index is 11.9. The van der Waals surface area contributed by atoms with E-state index in [-0.39, 0.29) is 5.56 Å². The highest BCUT2D eigenvalue weighted by Crippen LogP contribution is 2.22. The number of benzene rings is 2. The molecule has 3 rings (SSSR count). The summed E-state index contributed by atoms with van der Waals surface area (Å²) in [6.07, 6.45) is 0. The van der Waals surface area contributed by atoms with Crippen LogP contribution in [0.3, 0.4) is 0 Å². The molecule has 0 aliphatic heterocycles. The number of ether oxygens (including phenoxy) is 1. The minimum atomic E-state index is -0.210. The Morgan fingerprint density at radius 3 is 2.50 bits per heavy atom. The van der Waals surface area contributed by atoms with Crippen LogP contribution in [0.15, 0.2) is 59.4 Å². The summed E-state index contributed by atoms with van der Waals surface area (Å²) < 4.78 is 5.13. The Hall–Kier alpha value is -3.08. The summed E-state index contributed by atoms with van der Waals surface area (Å²) in [7, 11) is 1.61. The van der Waals surface area contributed by atoms with E-state index in [0.717, 1.165) is 16.9 Å². The van der Waals surface area contributed by atoms with Gasteiger partial charge in [-0.2, -0.15) is 0 Å². The number of nitrogen functional groups attached to an aromatic ring is 1. The standard InChI is InChI=1S/C17H15N3O2/c1-22-14-7-5-11(6-8-14)17-19-15(10-16(21)20-17)12-3-2-4-13(18)9-12/h2-10H,18H2,1H3,(H,19,20,21). The second kappa shape index (κ2) is 5.73. The highest BCUT2D eigenvalue weighted by molar-refractivity contribution is 5.66. The minimum Gasteiger partial charge on any atom is -0.497 e. The van der Waals surface area contributed by atoms with Crippen LogP contribution in [0.5, 0.6) is 5.75 Å². The zero-order valence-corrected chi connectivity index (χ0v) is 12.0. The zero-order chi connectivity index (χ0) is 15.5. The first-order valence-corrected chi connectivity index (χ1v) is 6.77. The van der Waals surface area contributed by atoms with E-state index in [0.29, 0.717) is 17.2 Å². The molecular formula is C17H15N3O2. The summed E-state index contributed by atoms with van der Waals surface area (Å²) in [6, 6.07) is 16.1. The van der Waals surface area contributed by atoms with Gasteiger partial charge in [0.15, 0.2) is 0 Å². The number of nitrogens with zero attached hydrogens (tertiary/aromatic N) is 1. The Kier molecular flexibility index (Phi) is 3.62. The van der Waals surface area contributed by atoms with Crippen LogP contribution in [0.1, 0.15) is 0 Å². The summed E-state index contributed by atoms with van der Waals surface area (Å²) in [6.45, 7) is 0. The Morgan fingerprint density at radius 2 is 1.82 bits per heavy atom. The Labute approximate surface area is 127 Å². The molecule has 5 nitrogen and oxygen atoms in total. The molecule has 0 radical (unpaired) electrons. The topological polar surface area (TPSA) is 81.0 Å². The number of aromatic nitrogens is 2. The SMILES string of the molecule is COc1ccc(-c2nc(-c3cccc(N)c3)cc(=O)[nH]2)cc1. The van der Waals surface area contributed by atoms with Crippen molar-refractivity contribution in [1.82, 2.24) is 9.97 Å². The lowest BCUT2D eigenvalue weighted by molar-refractivity contribution is 0.415. The first-order valence-electron chi connectivity index (χ1n) is 6.77. The first kappa shape index (κ1) is 13.9. The maximum Gasteiger partial charge on any atom is 0.251 e. The molecule has 0 saturated carbocycles. The molecule has 0 atom stereocenters. The maximum atomic E-state index is 11.9. The number of anilines is 1. The van der Waals surface area contributed by atoms with Crippen LogP contribution >= 0.6 is 0 Å². The van der Waals surface area contributed by atoms with Gasteiger partial charge in [0, 0.05) is 22.9 Å². The van der Waals surface area contributed by atoms with Crippen molar-refractivity contribution in [2.45, 2.75) is 0 Å². The van der Waals surface area contributed by atoms with Gasteiger partial charge in [-0.25, -0.2) is 4.98 Å². The van der Waals surface area contributed by atoms with Crippen LogP contribution in [0.4, 0.5) is 5.69 Å². The Bertz CT molecular complexity index is 854. The number of methoxy groups -OCH3 is 1. The predicted molar refractivity (Wildman–Crippen MR) is 86.7 cm³/mol. The van der Waals surface area contributed by atoms with Crippen LogP contribution in [0, 0.1) is 0 Å². The van der Waals surface area contributed by atoms with E-state index in [2.05, 4.69) is 9.97 Å². The lowest BCUT2D eigenvalue weighted by Gasteiger charge is -2.06. The molecule has 0 aliphatic carbocycles. The molecule has 1 aromatic heterocycles. The van der Waals surface area contributed by atoms with Crippen LogP contribution in [0.2, 0.25) is 0 Å². The largest absolute Gasteiger partial charge is 0.497 e. The van der Waals surface area contributed by atoms with Gasteiger partial charge >= 0.3 is 0 Å². The average molecular weight is 293 g/mol. The van der Waals surface area contributed by atoms with Crippen LogP contribution in [-0.2, 0) is 0 Å². The second-order valence-corrected chi connectivity index (χ2v) is 4.83. The van der Waals surface area contributed by atoms with Gasteiger partial charge < -0.3 is 15.5 Å². The molecule has 1 heterocycles. The van der Waals surface area contributed by atoms with Gasteiger partial charge in [0.2, 0.25) is 0 Å². The number of hydrogen-bond acceptors (Lipinski definition) is 4. The van der Waals surface area contributed by atoms with E-state index in [1.54, 1.807) is 19.2 Å². The van der Waals surface area contributed by atoms with Gasteiger partial charge in [-0.05, 0) is 36.4 Å². The van der Waals surface area contributed by atoms with E-state index in [1.807, 2.05) is 36.4 Å². The Morgan fingerprint density at radius 1 is 1.05 bits per heavy atom. The highest BCUT2D eigenvalue weighted by Gasteiger charge is 2.06. The van der Waals surface area contributed by atoms with E-state index >= 15 is 0 Å². The number of nitrogens with two attached hydrogens (primary N) is 1. The molecule has 110 valence electrons. The van der Waals surface area contributed by atoms with Gasteiger partial charge in [0.1, 0.15) is 11.6 Å². The van der Waals surface area contributed by atoms with Gasteiger partial charge in [0.25, 0.3) is 5.56 Å². The molecule has 0 saturated heterocycles. The fraction of sp³-hybridized carbons (Fsp3) is 0.0588. The lowest BCUT2D eigenvalue weighted by atomic mass is 10.1. The van der Waals surface area contributed by atoms with Crippen molar-refractivity contribution in [2.75, 3.05) is 12.8 Å². The van der Waals surface area contributed by atoms with Gasteiger partial charge in [-0.1, -0.05) is 12.1 Å². The summed E-state index contributed by atoms with van der Waals surface area (Å²) in [5.74, 6) is 1.26. The van der Waals surface area contributed by atoms with Crippen LogP contribution in [-0.4, -0.2) is 17.1 Å². The minimum absolute atomic E-state index is 0.210. The quantitative estimate of drug-likeness (QED) is 0.727. The van der Waals surface area contributed by atoms with Crippen molar-refractivity contribution in [3.05, 3.63) is 65.0 Å². The van der Waals surface area contributed by atoms with Crippen molar-refractivity contribution < 1.29 is 4.74 Å². The molecule has 0 bridgehead atoms. The Balaban J connectivity index is 2.08. The lowest BCUT2D eigenvalue weighted by Crippen LogP contribution is -2.08. The average Bonchev–Trinajstić information content (AvgIpc) is 2.54. The van der Waals surface area contributed by atoms with Gasteiger partial charge in [-0.3, -0.25) is 4.79 Å². The number of hydrogen-bond donors (Lipinski definition) is 2. The number of H-pyrrole nitrogens is 1. The fourth-order valence-corrected chi connectivity index (χ4v) is 2.19. The van der Waals surface area contributed by atoms with E-state index < -0.39 is 0 Å².